The molecule has 0 spiro atoms. The number of nitrogens with one attached hydrogen (secondary N) is 1. The maximum atomic E-state index is 13.3. The molecule has 4 rings (SSSR count). The zero-order chi connectivity index (χ0) is 24.8. The Balaban J connectivity index is 1.41. The van der Waals surface area contributed by atoms with E-state index in [0.29, 0.717) is 6.42 Å². The van der Waals surface area contributed by atoms with Crippen molar-refractivity contribution in [2.24, 2.45) is 4.99 Å². The second-order valence-corrected chi connectivity index (χ2v) is 11.1. The summed E-state index contributed by atoms with van der Waals surface area (Å²) >= 11 is 0. The monoisotopic (exact) mass is 498 g/mol. The Morgan fingerprint density at radius 2 is 1.69 bits per heavy atom. The van der Waals surface area contributed by atoms with Gasteiger partial charge in [-0.25, -0.2) is 17.5 Å². The average Bonchev–Trinajstić information content (AvgIpc) is 2.87. The van der Waals surface area contributed by atoms with Crippen molar-refractivity contribution in [2.45, 2.75) is 44.0 Å². The van der Waals surface area contributed by atoms with Gasteiger partial charge < -0.3 is 4.90 Å². The molecule has 1 N–H and O–H groups in total. The quantitative estimate of drug-likeness (QED) is 0.587. The highest BCUT2D eigenvalue weighted by atomic mass is 32.2. The molecular weight excluding hydrogens is 463 g/mol. The lowest BCUT2D eigenvalue weighted by atomic mass is 9.99. The first-order valence-electron chi connectivity index (χ1n) is 12.4. The van der Waals surface area contributed by atoms with Gasteiger partial charge in [0.05, 0.1) is 10.6 Å². The Hall–Kier alpha value is -2.39. The van der Waals surface area contributed by atoms with Gasteiger partial charge in [-0.1, -0.05) is 37.3 Å². The van der Waals surface area contributed by atoms with Crippen LogP contribution in [0.3, 0.4) is 0 Å². The van der Waals surface area contributed by atoms with Crippen molar-refractivity contribution in [3.8, 4) is 0 Å². The number of nitrogens with zero attached hydrogens (tertiary/aromatic N) is 3. The minimum Gasteiger partial charge on any atom is -0.303 e. The van der Waals surface area contributed by atoms with Gasteiger partial charge in [0.1, 0.15) is 5.82 Å². The van der Waals surface area contributed by atoms with Crippen LogP contribution in [-0.4, -0.2) is 63.2 Å². The minimum atomic E-state index is -3.78. The number of hydrogen-bond donors (Lipinski definition) is 1. The highest BCUT2D eigenvalue weighted by molar-refractivity contribution is 7.89. The van der Waals surface area contributed by atoms with Gasteiger partial charge in [-0.15, -0.1) is 0 Å². The molecule has 1 atom stereocenters. The van der Waals surface area contributed by atoms with Gasteiger partial charge in [0, 0.05) is 44.5 Å². The van der Waals surface area contributed by atoms with Crippen molar-refractivity contribution in [2.75, 3.05) is 39.3 Å². The van der Waals surface area contributed by atoms with Crippen molar-refractivity contribution in [1.29, 1.82) is 0 Å². The Morgan fingerprint density at radius 3 is 2.34 bits per heavy atom. The molecule has 0 unspecified atom stereocenters. The summed E-state index contributed by atoms with van der Waals surface area (Å²) in [5.74, 6) is -0.459. The Kier molecular flexibility index (Phi) is 8.49. The fraction of sp³-hybridized carbons (Fsp3) is 0.444. The molecule has 2 aromatic rings. The Morgan fingerprint density at radius 1 is 1.00 bits per heavy atom. The van der Waals surface area contributed by atoms with Crippen LogP contribution in [0.15, 0.2) is 75.8 Å². The predicted molar refractivity (Wildman–Crippen MR) is 138 cm³/mol. The molecule has 0 aliphatic carbocycles. The van der Waals surface area contributed by atoms with E-state index in [1.807, 2.05) is 30.3 Å². The number of benzene rings is 2. The van der Waals surface area contributed by atoms with Crippen LogP contribution in [0, 0.1) is 5.82 Å². The maximum absolute atomic E-state index is 13.3. The molecule has 0 saturated carbocycles. The minimum absolute atomic E-state index is 0.0681. The number of likely N-dealkylation sites (tertiary alicyclic amines) is 1. The van der Waals surface area contributed by atoms with Gasteiger partial charge in [-0.3, -0.25) is 9.89 Å². The van der Waals surface area contributed by atoms with Crippen LogP contribution in [-0.2, 0) is 10.0 Å². The summed E-state index contributed by atoms with van der Waals surface area (Å²) in [5.41, 5.74) is 4.80. The number of hydrogen-bond acceptors (Lipinski definition) is 5. The smallest absolute Gasteiger partial charge is 0.241 e. The van der Waals surface area contributed by atoms with Crippen LogP contribution < -0.4 is 4.72 Å². The van der Waals surface area contributed by atoms with E-state index in [1.165, 1.54) is 41.2 Å². The third kappa shape index (κ3) is 6.85. The van der Waals surface area contributed by atoms with Crippen molar-refractivity contribution < 1.29 is 12.8 Å². The molecule has 6 nitrogen and oxygen atoms in total. The molecule has 2 aromatic carbocycles. The first-order valence-corrected chi connectivity index (χ1v) is 13.8. The van der Waals surface area contributed by atoms with E-state index in [9.17, 15) is 12.8 Å². The molecule has 0 aromatic heterocycles. The summed E-state index contributed by atoms with van der Waals surface area (Å²) in [5, 5.41) is 0. The zero-order valence-corrected chi connectivity index (χ0v) is 21.4. The first-order chi connectivity index (χ1) is 16.8. The summed E-state index contributed by atoms with van der Waals surface area (Å²) in [6.45, 7) is 9.91. The molecule has 188 valence electrons. The Bertz CT molecular complexity index is 1150. The number of piperidine rings is 1. The van der Waals surface area contributed by atoms with E-state index >= 15 is 0 Å². The molecule has 1 fully saturated rings. The van der Waals surface area contributed by atoms with E-state index in [-0.39, 0.29) is 10.9 Å². The molecule has 1 saturated heterocycles. The number of aliphatic imine (C=N–C) groups is 1. The van der Waals surface area contributed by atoms with Gasteiger partial charge in [0.15, 0.2) is 0 Å². The molecular formula is C27H35FN4O2S. The molecule has 2 aliphatic rings. The van der Waals surface area contributed by atoms with Gasteiger partial charge in [0.2, 0.25) is 10.0 Å². The summed E-state index contributed by atoms with van der Waals surface area (Å²) < 4.78 is 42.2. The van der Waals surface area contributed by atoms with E-state index < -0.39 is 15.8 Å². The number of halogens is 1. The topological polar surface area (TPSA) is 65.0 Å². The van der Waals surface area contributed by atoms with Crippen LogP contribution in [0.5, 0.6) is 0 Å². The molecule has 2 heterocycles. The highest BCUT2D eigenvalue weighted by Crippen LogP contribution is 2.26. The maximum Gasteiger partial charge on any atom is 0.241 e. The standard InChI is InChI=1S/C27H35FN4O2S/c1-3-31-19-21(2)29-27(20-31)23-13-16-32(17-14-23)18-15-26(22-7-5-4-6-8-22)30-35(33,34)25-11-9-24(28)10-12-25/h4-12,26,30H,3,13-20H2,1-2H3/t26-/m1/s1. The van der Waals surface area contributed by atoms with Crippen LogP contribution >= 0.6 is 0 Å². The number of likely N-dealkylation sites (N-methyl/N-ethyl adjacent to an activating group) is 1. The third-order valence-electron chi connectivity index (χ3n) is 6.82. The van der Waals surface area contributed by atoms with E-state index in [4.69, 9.17) is 4.99 Å². The van der Waals surface area contributed by atoms with Crippen molar-refractivity contribution >= 4 is 15.7 Å². The lowest BCUT2D eigenvalue weighted by Crippen LogP contribution is -2.37. The van der Waals surface area contributed by atoms with Crippen molar-refractivity contribution in [3.63, 3.8) is 0 Å². The summed E-state index contributed by atoms with van der Waals surface area (Å²) in [4.78, 5) is 9.75. The lowest BCUT2D eigenvalue weighted by Gasteiger charge is -2.33. The van der Waals surface area contributed by atoms with Crippen LogP contribution in [0.25, 0.3) is 0 Å². The second kappa shape index (κ2) is 11.6. The third-order valence-corrected chi connectivity index (χ3v) is 8.31. The van der Waals surface area contributed by atoms with Crippen LogP contribution in [0.2, 0.25) is 0 Å². The molecule has 0 amide bonds. The molecule has 0 radical (unpaired) electrons. The molecule has 0 bridgehead atoms. The molecule has 2 aliphatic heterocycles. The van der Waals surface area contributed by atoms with Gasteiger partial charge in [-0.05, 0) is 68.1 Å². The fourth-order valence-corrected chi connectivity index (χ4v) is 6.06. The fourth-order valence-electron chi connectivity index (χ4n) is 4.80. The van der Waals surface area contributed by atoms with Gasteiger partial charge in [0.25, 0.3) is 0 Å². The van der Waals surface area contributed by atoms with Gasteiger partial charge >= 0.3 is 0 Å². The SMILES string of the molecule is CCN1CC(C)=NC(=C2CCN(CC[C@@H](NS(=O)(=O)c3ccc(F)cc3)c3ccccc3)CC2)C1. The van der Waals surface area contributed by atoms with E-state index in [2.05, 4.69) is 28.4 Å². The first kappa shape index (κ1) is 25.7. The summed E-state index contributed by atoms with van der Waals surface area (Å²) in [6.07, 6.45) is 2.65. The Labute approximate surface area is 208 Å². The summed E-state index contributed by atoms with van der Waals surface area (Å²) in [7, 11) is -3.78. The predicted octanol–water partition coefficient (Wildman–Crippen LogP) is 4.38. The average molecular weight is 499 g/mol. The summed E-state index contributed by atoms with van der Waals surface area (Å²) in [6, 6.07) is 14.2. The van der Waals surface area contributed by atoms with Crippen LogP contribution in [0.4, 0.5) is 4.39 Å². The van der Waals surface area contributed by atoms with Crippen molar-refractivity contribution in [1.82, 2.24) is 14.5 Å². The second-order valence-electron chi connectivity index (χ2n) is 9.37. The molecule has 8 heteroatoms. The van der Waals surface area contributed by atoms with Crippen LogP contribution in [0.1, 0.15) is 44.7 Å². The van der Waals surface area contributed by atoms with Gasteiger partial charge in [-0.2, -0.15) is 0 Å². The van der Waals surface area contributed by atoms with E-state index in [1.54, 1.807) is 0 Å². The number of sulfonamides is 1. The lowest BCUT2D eigenvalue weighted by molar-refractivity contribution is 0.242. The normalized spacial score (nSPS) is 19.0. The largest absolute Gasteiger partial charge is 0.303 e. The van der Waals surface area contributed by atoms with Crippen molar-refractivity contribution in [3.05, 3.63) is 77.2 Å². The zero-order valence-electron chi connectivity index (χ0n) is 20.6. The number of rotatable bonds is 8. The van der Waals surface area contributed by atoms with E-state index in [0.717, 1.165) is 57.7 Å². The molecule has 35 heavy (non-hydrogen) atoms. The highest BCUT2D eigenvalue weighted by Gasteiger charge is 2.24.